The maximum absolute atomic E-state index is 3.68. The van der Waals surface area contributed by atoms with E-state index in [0.717, 1.165) is 6.54 Å². The van der Waals surface area contributed by atoms with Crippen molar-refractivity contribution in [1.29, 1.82) is 0 Å². The summed E-state index contributed by atoms with van der Waals surface area (Å²) in [6.07, 6.45) is 2.56. The standard InChI is InChI=1S/C4H11N.3BrH.GeH2/c1-2-3-4-5;;;;/h2-5H2,1H3;3*1H;1H2/q;;;;+2/p-2. The fourth-order valence-corrected chi connectivity index (χ4v) is 0.250. The third-order valence-electron chi connectivity index (χ3n) is 0.604. The van der Waals surface area contributed by atoms with Crippen molar-refractivity contribution in [2.75, 3.05) is 6.54 Å². The molecule has 60 valence electrons. The average Bonchev–Trinajstić information content (AvgIpc) is 1.41. The molecule has 0 aliphatic heterocycles. The van der Waals surface area contributed by atoms with Crippen LogP contribution in [0.1, 0.15) is 19.8 Å². The molecule has 0 saturated heterocycles. The molecule has 0 aromatic heterocycles. The topological polar surface area (TPSA) is 27.6 Å². The van der Waals surface area contributed by atoms with E-state index in [2.05, 4.69) is 12.7 Å². The quantitative estimate of drug-likeness (QED) is 0.455. The monoisotopic (exact) mass is 387 g/mol. The van der Waals surface area contributed by atoms with Gasteiger partial charge in [0.15, 0.2) is 0 Å². The zero-order chi connectivity index (χ0) is 4.12. The second-order valence-corrected chi connectivity index (χ2v) is 1.21. The van der Waals surface area contributed by atoms with Crippen molar-refractivity contribution in [3.8, 4) is 0 Å². The van der Waals surface area contributed by atoms with E-state index in [4.69, 9.17) is 0 Å². The van der Waals surface area contributed by atoms with E-state index >= 15 is 0 Å². The maximum atomic E-state index is 3.68. The van der Waals surface area contributed by atoms with Crippen molar-refractivity contribution in [2.24, 2.45) is 0 Å². The Labute approximate surface area is 99.8 Å². The van der Waals surface area contributed by atoms with Gasteiger partial charge >= 0.3 is 17.6 Å². The number of hydrogen-bond acceptors (Lipinski definition) is 0. The molecule has 0 radical (unpaired) electrons. The molecule has 0 fully saturated rings. The van der Waals surface area contributed by atoms with E-state index in [9.17, 15) is 0 Å². The van der Waals surface area contributed by atoms with Gasteiger partial charge in [-0.15, -0.1) is 0 Å². The van der Waals surface area contributed by atoms with Crippen LogP contribution in [-0.4, -0.2) is 24.1 Å². The van der Waals surface area contributed by atoms with Crippen LogP contribution < -0.4 is 56.7 Å². The summed E-state index contributed by atoms with van der Waals surface area (Å²) < 4.78 is 0. The van der Waals surface area contributed by atoms with E-state index in [1.54, 1.807) is 0 Å². The number of hydrogen-bond donors (Lipinski definition) is 1. The summed E-state index contributed by atoms with van der Waals surface area (Å²) in [6.45, 7) is 3.27. The molecule has 0 rings (SSSR count). The first-order valence-electron chi connectivity index (χ1n) is 2.21. The Kier molecular flexibility index (Phi) is 111. The van der Waals surface area contributed by atoms with Crippen molar-refractivity contribution >= 4 is 17.6 Å². The summed E-state index contributed by atoms with van der Waals surface area (Å²) in [5.74, 6) is 0. The van der Waals surface area contributed by atoms with Crippen LogP contribution in [0, 0.1) is 0 Å². The van der Waals surface area contributed by atoms with E-state index in [0.29, 0.717) is 0 Å². The predicted molar refractivity (Wildman–Crippen MR) is 31.2 cm³/mol. The van der Waals surface area contributed by atoms with Gasteiger partial charge in [0.25, 0.3) is 0 Å². The average molecular weight is 388 g/mol. The number of unbranched alkanes of at least 4 members (excludes halogenated alkanes) is 1. The molecule has 0 amide bonds. The first kappa shape index (κ1) is 30.6. The van der Waals surface area contributed by atoms with Gasteiger partial charge in [-0.3, -0.25) is 0 Å². The van der Waals surface area contributed by atoms with Crippen LogP contribution in [0.2, 0.25) is 0 Å². The van der Waals surface area contributed by atoms with Crippen molar-refractivity contribution < 1.29 is 56.7 Å². The molecule has 3 N–H and O–H groups in total. The second kappa shape index (κ2) is 32.5. The predicted octanol–water partition coefficient (Wildman–Crippen LogP) is -9.88. The van der Waals surface area contributed by atoms with Crippen molar-refractivity contribution in [3.05, 3.63) is 0 Å². The SMILES string of the molecule is CCCC[NH3+].[Br-].[Br-].[Br-].[GeH2+2]. The van der Waals surface area contributed by atoms with Crippen molar-refractivity contribution in [3.63, 3.8) is 0 Å². The summed E-state index contributed by atoms with van der Waals surface area (Å²) in [5.41, 5.74) is 3.68. The first-order chi connectivity index (χ1) is 2.41. The van der Waals surface area contributed by atoms with Gasteiger partial charge in [0.05, 0.1) is 6.54 Å². The van der Waals surface area contributed by atoms with Gasteiger partial charge in [-0.1, -0.05) is 13.3 Å². The zero-order valence-corrected chi connectivity index (χ0v) is 13.4. The first-order valence-corrected chi connectivity index (χ1v) is 2.21. The Morgan fingerprint density at radius 2 is 1.44 bits per heavy atom. The third kappa shape index (κ3) is 40.3. The molecule has 0 aliphatic carbocycles. The van der Waals surface area contributed by atoms with Gasteiger partial charge in [-0.2, -0.15) is 0 Å². The molecule has 0 aromatic rings. The van der Waals surface area contributed by atoms with E-state index in [-0.39, 0.29) is 68.5 Å². The van der Waals surface area contributed by atoms with Gasteiger partial charge in [-0.25, -0.2) is 0 Å². The Morgan fingerprint density at radius 1 is 1.11 bits per heavy atom. The zero-order valence-electron chi connectivity index (χ0n) is 5.67. The van der Waals surface area contributed by atoms with Crippen molar-refractivity contribution in [1.82, 2.24) is 0 Å². The molecule has 0 saturated carbocycles. The molecule has 0 unspecified atom stereocenters. The van der Waals surface area contributed by atoms with Crippen LogP contribution in [0.5, 0.6) is 0 Å². The Morgan fingerprint density at radius 3 is 1.44 bits per heavy atom. The molecule has 0 aliphatic rings. The Hall–Kier alpha value is 1.94. The van der Waals surface area contributed by atoms with E-state index in [1.807, 2.05) is 0 Å². The molecule has 0 spiro atoms. The van der Waals surface area contributed by atoms with Gasteiger partial charge in [0, 0.05) is 0 Å². The van der Waals surface area contributed by atoms with Gasteiger partial charge < -0.3 is 56.7 Å². The van der Waals surface area contributed by atoms with Crippen molar-refractivity contribution in [2.45, 2.75) is 19.8 Å². The minimum atomic E-state index is 0. The van der Waals surface area contributed by atoms with Gasteiger partial charge in [0.1, 0.15) is 0 Å². The molecular weight excluding hydrogens is 374 g/mol. The molecule has 5 heteroatoms. The van der Waals surface area contributed by atoms with Crippen LogP contribution in [0.3, 0.4) is 0 Å². The van der Waals surface area contributed by atoms with Crippen LogP contribution in [0.25, 0.3) is 0 Å². The molecule has 9 heavy (non-hydrogen) atoms. The van der Waals surface area contributed by atoms with Crippen LogP contribution in [0.4, 0.5) is 0 Å². The number of rotatable bonds is 2. The second-order valence-electron chi connectivity index (χ2n) is 1.21. The summed E-state index contributed by atoms with van der Waals surface area (Å²) in [7, 11) is 0. The molecular formula is C4H14Br3GeN. The number of halogens is 3. The summed E-state index contributed by atoms with van der Waals surface area (Å²) in [6, 6.07) is 0. The molecule has 0 aromatic carbocycles. The molecule has 0 heterocycles. The Balaban J connectivity index is -0.0000000133. The van der Waals surface area contributed by atoms with Crippen LogP contribution in [0.15, 0.2) is 0 Å². The summed E-state index contributed by atoms with van der Waals surface area (Å²) >= 11 is 0. The van der Waals surface area contributed by atoms with E-state index < -0.39 is 0 Å². The molecule has 1 nitrogen and oxygen atoms in total. The Bertz CT molecular complexity index is 23.3. The third-order valence-corrected chi connectivity index (χ3v) is 0.604. The molecule has 0 atom stereocenters. The van der Waals surface area contributed by atoms with Crippen LogP contribution in [-0.2, 0) is 0 Å². The fourth-order valence-electron chi connectivity index (χ4n) is 0.250. The number of quaternary nitrogens is 1. The van der Waals surface area contributed by atoms with Gasteiger partial charge in [-0.05, 0) is 6.42 Å². The summed E-state index contributed by atoms with van der Waals surface area (Å²) in [4.78, 5) is 0. The molecule has 0 bridgehead atoms. The minimum absolute atomic E-state index is 0. The fraction of sp³-hybridized carbons (Fsp3) is 1.00. The normalized spacial score (nSPS) is 4.67. The summed E-state index contributed by atoms with van der Waals surface area (Å²) in [5, 5.41) is 0. The van der Waals surface area contributed by atoms with E-state index in [1.165, 1.54) is 12.8 Å². The van der Waals surface area contributed by atoms with Gasteiger partial charge in [0.2, 0.25) is 0 Å². The van der Waals surface area contributed by atoms with Crippen LogP contribution >= 0.6 is 0 Å².